The Labute approximate surface area is 101 Å². The van der Waals surface area contributed by atoms with E-state index in [1.807, 2.05) is 7.11 Å². The van der Waals surface area contributed by atoms with Gasteiger partial charge in [0.1, 0.15) is 0 Å². The molecule has 0 bridgehead atoms. The predicted molar refractivity (Wildman–Crippen MR) is 69.7 cm³/mol. The van der Waals surface area contributed by atoms with E-state index in [1.165, 1.54) is 25.7 Å². The molecule has 96 valence electrons. The van der Waals surface area contributed by atoms with Crippen LogP contribution in [-0.2, 0) is 4.74 Å². The first-order chi connectivity index (χ1) is 7.67. The third-order valence-electron chi connectivity index (χ3n) is 4.00. The van der Waals surface area contributed by atoms with Gasteiger partial charge < -0.3 is 10.1 Å². The first-order valence-corrected chi connectivity index (χ1v) is 6.93. The van der Waals surface area contributed by atoms with Crippen molar-refractivity contribution in [2.24, 2.45) is 11.8 Å². The Morgan fingerprint density at radius 2 is 2.12 bits per heavy atom. The van der Waals surface area contributed by atoms with Gasteiger partial charge >= 0.3 is 0 Å². The highest BCUT2D eigenvalue weighted by molar-refractivity contribution is 4.82. The van der Waals surface area contributed by atoms with Crippen LogP contribution in [0.3, 0.4) is 0 Å². The Morgan fingerprint density at radius 3 is 2.69 bits per heavy atom. The van der Waals surface area contributed by atoms with Crippen molar-refractivity contribution in [2.45, 2.75) is 65.0 Å². The van der Waals surface area contributed by atoms with Gasteiger partial charge in [0.15, 0.2) is 0 Å². The van der Waals surface area contributed by atoms with Gasteiger partial charge in [0.25, 0.3) is 0 Å². The van der Waals surface area contributed by atoms with Crippen LogP contribution in [0.4, 0.5) is 0 Å². The number of hydrogen-bond donors (Lipinski definition) is 1. The summed E-state index contributed by atoms with van der Waals surface area (Å²) in [5, 5.41) is 3.66. The second-order valence-corrected chi connectivity index (χ2v) is 5.48. The molecule has 0 amide bonds. The summed E-state index contributed by atoms with van der Waals surface area (Å²) in [6.07, 6.45) is 7.17. The number of methoxy groups -OCH3 is 1. The summed E-state index contributed by atoms with van der Waals surface area (Å²) in [6.45, 7) is 7.86. The van der Waals surface area contributed by atoms with Crippen molar-refractivity contribution in [3.63, 3.8) is 0 Å². The average molecular weight is 227 g/mol. The molecule has 0 aliphatic heterocycles. The Bertz CT molecular complexity index is 184. The standard InChI is InChI=1S/C14H29NO/c1-5-15-14(10-12(3)16-4)13-8-6-7-11(2)9-13/h11-15H,5-10H2,1-4H3. The maximum atomic E-state index is 5.40. The maximum absolute atomic E-state index is 5.40. The van der Waals surface area contributed by atoms with Crippen LogP contribution >= 0.6 is 0 Å². The van der Waals surface area contributed by atoms with Crippen molar-refractivity contribution in [1.29, 1.82) is 0 Å². The van der Waals surface area contributed by atoms with Gasteiger partial charge in [0.05, 0.1) is 6.10 Å². The molecule has 0 saturated heterocycles. The van der Waals surface area contributed by atoms with Crippen molar-refractivity contribution in [1.82, 2.24) is 5.32 Å². The van der Waals surface area contributed by atoms with Gasteiger partial charge in [-0.05, 0) is 44.6 Å². The molecule has 0 aromatic heterocycles. The van der Waals surface area contributed by atoms with E-state index in [1.54, 1.807) is 0 Å². The summed E-state index contributed by atoms with van der Waals surface area (Å²) in [5.74, 6) is 1.78. The summed E-state index contributed by atoms with van der Waals surface area (Å²) >= 11 is 0. The highest BCUT2D eigenvalue weighted by Crippen LogP contribution is 2.32. The van der Waals surface area contributed by atoms with E-state index in [4.69, 9.17) is 4.74 Å². The van der Waals surface area contributed by atoms with Gasteiger partial charge in [-0.2, -0.15) is 0 Å². The molecule has 2 nitrogen and oxygen atoms in total. The molecule has 4 atom stereocenters. The van der Waals surface area contributed by atoms with E-state index in [0.717, 1.165) is 24.8 Å². The van der Waals surface area contributed by atoms with Gasteiger partial charge in [-0.25, -0.2) is 0 Å². The minimum absolute atomic E-state index is 0.376. The van der Waals surface area contributed by atoms with Crippen LogP contribution in [0.15, 0.2) is 0 Å². The van der Waals surface area contributed by atoms with Gasteiger partial charge in [0.2, 0.25) is 0 Å². The Hall–Kier alpha value is -0.0800. The second-order valence-electron chi connectivity index (χ2n) is 5.48. The molecule has 1 rings (SSSR count). The predicted octanol–water partition coefficient (Wildman–Crippen LogP) is 3.22. The maximum Gasteiger partial charge on any atom is 0.0558 e. The summed E-state index contributed by atoms with van der Waals surface area (Å²) in [7, 11) is 1.82. The smallest absolute Gasteiger partial charge is 0.0558 e. The van der Waals surface area contributed by atoms with Crippen molar-refractivity contribution < 1.29 is 4.74 Å². The van der Waals surface area contributed by atoms with E-state index in [-0.39, 0.29) is 0 Å². The lowest BCUT2D eigenvalue weighted by Crippen LogP contribution is -2.40. The molecular weight excluding hydrogens is 198 g/mol. The van der Waals surface area contributed by atoms with Crippen molar-refractivity contribution in [3.8, 4) is 0 Å². The zero-order valence-corrected chi connectivity index (χ0v) is 11.5. The number of hydrogen-bond acceptors (Lipinski definition) is 2. The minimum Gasteiger partial charge on any atom is -0.382 e. The fourth-order valence-electron chi connectivity index (χ4n) is 3.00. The van der Waals surface area contributed by atoms with Crippen molar-refractivity contribution >= 4 is 0 Å². The fraction of sp³-hybridized carbons (Fsp3) is 1.00. The van der Waals surface area contributed by atoms with E-state index in [9.17, 15) is 0 Å². The number of ether oxygens (including phenoxy) is 1. The van der Waals surface area contributed by atoms with Gasteiger partial charge in [0, 0.05) is 13.2 Å². The first-order valence-electron chi connectivity index (χ1n) is 6.93. The summed E-state index contributed by atoms with van der Waals surface area (Å²) in [6, 6.07) is 0.655. The minimum atomic E-state index is 0.376. The first kappa shape index (κ1) is 14.0. The lowest BCUT2D eigenvalue weighted by atomic mass is 9.77. The molecule has 1 fully saturated rings. The van der Waals surface area contributed by atoms with Crippen molar-refractivity contribution in [2.75, 3.05) is 13.7 Å². The Kier molecular flexibility index (Phi) is 6.37. The van der Waals surface area contributed by atoms with Crippen LogP contribution < -0.4 is 5.32 Å². The van der Waals surface area contributed by atoms with Crippen LogP contribution in [0.2, 0.25) is 0 Å². The summed E-state index contributed by atoms with van der Waals surface area (Å²) in [4.78, 5) is 0. The second kappa shape index (κ2) is 7.29. The zero-order chi connectivity index (χ0) is 12.0. The molecule has 0 heterocycles. The van der Waals surface area contributed by atoms with Gasteiger partial charge in [-0.3, -0.25) is 0 Å². The molecule has 4 unspecified atom stereocenters. The third-order valence-corrected chi connectivity index (χ3v) is 4.00. The van der Waals surface area contributed by atoms with Crippen LogP contribution in [0.25, 0.3) is 0 Å². The topological polar surface area (TPSA) is 21.3 Å². The highest BCUT2D eigenvalue weighted by Gasteiger charge is 2.27. The largest absolute Gasteiger partial charge is 0.382 e. The zero-order valence-electron chi connectivity index (χ0n) is 11.5. The Balaban J connectivity index is 2.47. The Morgan fingerprint density at radius 1 is 1.38 bits per heavy atom. The lowest BCUT2D eigenvalue weighted by Gasteiger charge is -2.35. The van der Waals surface area contributed by atoms with Gasteiger partial charge in [-0.1, -0.05) is 26.7 Å². The number of rotatable bonds is 6. The molecule has 2 heteroatoms. The van der Waals surface area contributed by atoms with Crippen molar-refractivity contribution in [3.05, 3.63) is 0 Å². The molecule has 0 aromatic carbocycles. The van der Waals surface area contributed by atoms with E-state index in [0.29, 0.717) is 12.1 Å². The summed E-state index contributed by atoms with van der Waals surface area (Å²) < 4.78 is 5.40. The highest BCUT2D eigenvalue weighted by atomic mass is 16.5. The molecule has 0 aromatic rings. The quantitative estimate of drug-likeness (QED) is 0.752. The van der Waals surface area contributed by atoms with Crippen LogP contribution in [-0.4, -0.2) is 25.8 Å². The molecule has 0 radical (unpaired) electrons. The lowest BCUT2D eigenvalue weighted by molar-refractivity contribution is 0.0843. The fourth-order valence-corrected chi connectivity index (χ4v) is 3.00. The molecule has 1 aliphatic carbocycles. The van der Waals surface area contributed by atoms with Crippen LogP contribution in [0, 0.1) is 11.8 Å². The number of nitrogens with one attached hydrogen (secondary N) is 1. The molecular formula is C14H29NO. The molecule has 1 N–H and O–H groups in total. The summed E-state index contributed by atoms with van der Waals surface area (Å²) in [5.41, 5.74) is 0. The van der Waals surface area contributed by atoms with E-state index >= 15 is 0 Å². The van der Waals surface area contributed by atoms with Crippen LogP contribution in [0.5, 0.6) is 0 Å². The van der Waals surface area contributed by atoms with E-state index < -0.39 is 0 Å². The molecule has 1 aliphatic rings. The molecule has 1 saturated carbocycles. The molecule has 0 spiro atoms. The van der Waals surface area contributed by atoms with Gasteiger partial charge in [-0.15, -0.1) is 0 Å². The van der Waals surface area contributed by atoms with E-state index in [2.05, 4.69) is 26.1 Å². The third kappa shape index (κ3) is 4.42. The SMILES string of the molecule is CCNC(CC(C)OC)C1CCCC(C)C1. The monoisotopic (exact) mass is 227 g/mol. The normalized spacial score (nSPS) is 30.0. The molecule has 16 heavy (non-hydrogen) atoms. The average Bonchev–Trinajstić information content (AvgIpc) is 2.28. The van der Waals surface area contributed by atoms with Crippen LogP contribution in [0.1, 0.15) is 52.9 Å².